The lowest BCUT2D eigenvalue weighted by atomic mass is 9.91. The molecule has 0 amide bonds. The maximum Gasteiger partial charge on any atom is 0.434 e. The van der Waals surface area contributed by atoms with Crippen LogP contribution in [0.25, 0.3) is 17.2 Å². The fraction of sp³-hybridized carbons (Fsp3) is 0.381. The molecule has 0 radical (unpaired) electrons. The maximum atomic E-state index is 13.2. The number of nitrogens with zero attached hydrogens (tertiary/aromatic N) is 6. The molecule has 3 aromatic heterocycles. The lowest BCUT2D eigenvalue weighted by molar-refractivity contribution is -0.141. The van der Waals surface area contributed by atoms with Crippen LogP contribution in [-0.4, -0.2) is 62.6 Å². The van der Waals surface area contributed by atoms with Crippen LogP contribution >= 0.6 is 7.14 Å². The smallest absolute Gasteiger partial charge is 0.404 e. The third-order valence-electron chi connectivity index (χ3n) is 6.02. The van der Waals surface area contributed by atoms with Crippen molar-refractivity contribution in [3.63, 3.8) is 0 Å². The average molecular weight is 492 g/mol. The summed E-state index contributed by atoms with van der Waals surface area (Å²) in [6.07, 6.45) is 3.47. The molecule has 34 heavy (non-hydrogen) atoms. The topological polar surface area (TPSA) is 126 Å². The molecular formula is C21H24F3N8OP. The molecule has 1 aliphatic rings. The van der Waals surface area contributed by atoms with Gasteiger partial charge in [-0.3, -0.25) is 4.40 Å². The van der Waals surface area contributed by atoms with E-state index >= 15 is 0 Å². The summed E-state index contributed by atoms with van der Waals surface area (Å²) in [5.74, 6) is 0.625. The van der Waals surface area contributed by atoms with Gasteiger partial charge >= 0.3 is 6.18 Å². The standard InChI is InChI=1S/C21H24F3N8OP/c1-34(2,33)15-5-13(14(6-25)7-26)10-31(11-15)18-3-4-27-20(30-18)16-8-29-19-9-28-17(12-32(16)19)21(22,23)24/h3-4,6-9,12-13,15,25H,5,10-11,26H2,1-2H3/b14-7+,25-6?. The fourth-order valence-electron chi connectivity index (χ4n) is 4.10. The van der Waals surface area contributed by atoms with Crippen LogP contribution < -0.4 is 10.6 Å². The highest BCUT2D eigenvalue weighted by molar-refractivity contribution is 7.63. The summed E-state index contributed by atoms with van der Waals surface area (Å²) in [5, 5.41) is 7.67. The number of imidazole rings is 1. The predicted molar refractivity (Wildman–Crippen MR) is 124 cm³/mol. The van der Waals surface area contributed by atoms with Crippen molar-refractivity contribution < 1.29 is 17.7 Å². The first-order chi connectivity index (χ1) is 16.0. The van der Waals surface area contributed by atoms with Gasteiger partial charge in [0.2, 0.25) is 0 Å². The number of aromatic nitrogens is 5. The molecule has 180 valence electrons. The number of fused-ring (bicyclic) bond motifs is 1. The predicted octanol–water partition coefficient (Wildman–Crippen LogP) is 3.51. The quantitative estimate of drug-likeness (QED) is 0.412. The van der Waals surface area contributed by atoms with Crippen LogP contribution in [0, 0.1) is 11.3 Å². The molecule has 2 unspecified atom stereocenters. The lowest BCUT2D eigenvalue weighted by Gasteiger charge is -2.40. The van der Waals surface area contributed by atoms with Gasteiger partial charge in [-0.05, 0) is 37.6 Å². The first-order valence-electron chi connectivity index (χ1n) is 10.5. The van der Waals surface area contributed by atoms with Crippen LogP contribution in [0.1, 0.15) is 12.1 Å². The second kappa shape index (κ2) is 8.83. The number of piperidine rings is 1. The number of rotatable bonds is 5. The maximum absolute atomic E-state index is 13.2. The molecule has 4 rings (SSSR count). The molecule has 13 heteroatoms. The van der Waals surface area contributed by atoms with Gasteiger partial charge in [0.05, 0.1) is 19.5 Å². The van der Waals surface area contributed by atoms with Gasteiger partial charge < -0.3 is 20.6 Å². The largest absolute Gasteiger partial charge is 0.434 e. The summed E-state index contributed by atoms with van der Waals surface area (Å²) in [7, 11) is -2.47. The summed E-state index contributed by atoms with van der Waals surface area (Å²) in [6.45, 7) is 4.47. The van der Waals surface area contributed by atoms with Crippen LogP contribution in [0.2, 0.25) is 0 Å². The highest BCUT2D eigenvalue weighted by Gasteiger charge is 2.36. The Labute approximate surface area is 193 Å². The van der Waals surface area contributed by atoms with Crippen LogP contribution in [0.5, 0.6) is 0 Å². The van der Waals surface area contributed by atoms with Gasteiger partial charge in [0.15, 0.2) is 17.2 Å². The summed E-state index contributed by atoms with van der Waals surface area (Å²) >= 11 is 0. The first-order valence-corrected chi connectivity index (χ1v) is 13.1. The Morgan fingerprint density at radius 1 is 1.24 bits per heavy atom. The number of halogens is 3. The van der Waals surface area contributed by atoms with E-state index in [0.29, 0.717) is 30.9 Å². The molecule has 3 aromatic rings. The fourth-order valence-corrected chi connectivity index (χ4v) is 5.46. The Kier molecular flexibility index (Phi) is 6.20. The second-order valence-electron chi connectivity index (χ2n) is 8.62. The zero-order valence-corrected chi connectivity index (χ0v) is 19.5. The molecular weight excluding hydrogens is 468 g/mol. The van der Waals surface area contributed by atoms with E-state index in [1.165, 1.54) is 29.2 Å². The minimum absolute atomic E-state index is 0.107. The third-order valence-corrected chi connectivity index (χ3v) is 8.15. The minimum atomic E-state index is -4.60. The number of hydrogen-bond acceptors (Lipinski definition) is 8. The molecule has 0 bridgehead atoms. The number of anilines is 1. The van der Waals surface area contributed by atoms with E-state index in [-0.39, 0.29) is 28.7 Å². The number of alkyl halides is 3. The van der Waals surface area contributed by atoms with E-state index in [2.05, 4.69) is 19.9 Å². The van der Waals surface area contributed by atoms with Gasteiger partial charge in [-0.2, -0.15) is 13.2 Å². The molecule has 3 N–H and O–H groups in total. The molecule has 0 aliphatic carbocycles. The molecule has 2 atom stereocenters. The monoisotopic (exact) mass is 492 g/mol. The molecule has 1 saturated heterocycles. The number of hydrogen-bond donors (Lipinski definition) is 2. The molecule has 1 aliphatic heterocycles. The van der Waals surface area contributed by atoms with Crippen molar-refractivity contribution >= 4 is 24.8 Å². The van der Waals surface area contributed by atoms with Crippen LogP contribution in [0.4, 0.5) is 19.0 Å². The van der Waals surface area contributed by atoms with Crippen molar-refractivity contribution in [2.75, 3.05) is 31.3 Å². The Hall–Kier alpha value is -3.27. The summed E-state index contributed by atoms with van der Waals surface area (Å²) in [4.78, 5) is 18.4. The Balaban J connectivity index is 1.73. The van der Waals surface area contributed by atoms with Gasteiger partial charge in [-0.15, -0.1) is 0 Å². The van der Waals surface area contributed by atoms with Crippen molar-refractivity contribution in [1.82, 2.24) is 24.3 Å². The Morgan fingerprint density at radius 3 is 2.65 bits per heavy atom. The van der Waals surface area contributed by atoms with E-state index in [1.807, 2.05) is 4.90 Å². The van der Waals surface area contributed by atoms with Crippen molar-refractivity contribution in [2.24, 2.45) is 11.7 Å². The van der Waals surface area contributed by atoms with E-state index in [9.17, 15) is 17.7 Å². The molecule has 0 aromatic carbocycles. The van der Waals surface area contributed by atoms with Gasteiger partial charge in [0, 0.05) is 43.3 Å². The van der Waals surface area contributed by atoms with E-state index in [0.717, 1.165) is 12.4 Å². The summed E-state index contributed by atoms with van der Waals surface area (Å²) < 4.78 is 53.7. The summed E-state index contributed by atoms with van der Waals surface area (Å²) in [5.41, 5.74) is 5.70. The van der Waals surface area contributed by atoms with E-state index in [1.54, 1.807) is 19.4 Å². The van der Waals surface area contributed by atoms with Crippen LogP contribution in [-0.2, 0) is 10.7 Å². The van der Waals surface area contributed by atoms with Crippen molar-refractivity contribution in [3.05, 3.63) is 48.3 Å². The van der Waals surface area contributed by atoms with Gasteiger partial charge in [-0.1, -0.05) is 0 Å². The number of nitrogens with two attached hydrogens (primary N) is 1. The zero-order chi connectivity index (χ0) is 24.7. The zero-order valence-electron chi connectivity index (χ0n) is 18.6. The van der Waals surface area contributed by atoms with Gasteiger partial charge in [0.1, 0.15) is 11.5 Å². The average Bonchev–Trinajstić information content (AvgIpc) is 3.22. The van der Waals surface area contributed by atoms with Crippen molar-refractivity contribution in [3.8, 4) is 11.5 Å². The summed E-state index contributed by atoms with van der Waals surface area (Å²) in [6, 6.07) is 1.70. The Morgan fingerprint density at radius 2 is 2.00 bits per heavy atom. The highest BCUT2D eigenvalue weighted by atomic mass is 31.2. The molecule has 1 fully saturated rings. The van der Waals surface area contributed by atoms with Crippen molar-refractivity contribution in [1.29, 1.82) is 5.41 Å². The molecule has 0 saturated carbocycles. The number of nitrogens with one attached hydrogen (secondary N) is 1. The molecule has 4 heterocycles. The lowest BCUT2D eigenvalue weighted by Crippen LogP contribution is -2.44. The minimum Gasteiger partial charge on any atom is -0.404 e. The van der Waals surface area contributed by atoms with Crippen LogP contribution in [0.15, 0.2) is 42.6 Å². The van der Waals surface area contributed by atoms with E-state index in [4.69, 9.17) is 11.1 Å². The normalized spacial score (nSPS) is 20.0. The van der Waals surface area contributed by atoms with Crippen molar-refractivity contribution in [2.45, 2.75) is 18.3 Å². The van der Waals surface area contributed by atoms with E-state index < -0.39 is 19.0 Å². The third kappa shape index (κ3) is 4.68. The molecule has 0 spiro atoms. The van der Waals surface area contributed by atoms with Gasteiger partial charge in [-0.25, -0.2) is 19.9 Å². The van der Waals surface area contributed by atoms with Crippen LogP contribution in [0.3, 0.4) is 0 Å². The Bertz CT molecular complexity index is 1300. The highest BCUT2D eigenvalue weighted by Crippen LogP contribution is 2.48. The van der Waals surface area contributed by atoms with Gasteiger partial charge in [0.25, 0.3) is 0 Å². The first kappa shape index (κ1) is 23.9. The SMILES string of the molecule is CP(C)(=O)C1CC(/C(C=N)=C/N)CN(c2ccnc(-c3cnc4cnc(C(F)(F)F)cn34)n2)C1. The second-order valence-corrected chi connectivity index (χ2v) is 12.2. The molecule has 9 nitrogen and oxygen atoms in total.